The van der Waals surface area contributed by atoms with Crippen molar-refractivity contribution in [3.05, 3.63) is 29.0 Å². The van der Waals surface area contributed by atoms with E-state index in [0.29, 0.717) is 6.54 Å². The minimum absolute atomic E-state index is 0.156. The second-order valence-electron chi connectivity index (χ2n) is 7.53. The number of aromatic nitrogens is 4. The molecule has 0 bridgehead atoms. The summed E-state index contributed by atoms with van der Waals surface area (Å²) in [6.07, 6.45) is 3.30. The standard InChI is InChI=1S/C19H21N5O/c1-4-24-15-9-14-13(8-11(15)19(2,3)18(24)25)20-17(21-14)16-10-6-5-7-12(10)22-23-16/h8-9H,4-7H2,1-3H3,(H,20,21)(H,22,23). The third-order valence-electron chi connectivity index (χ3n) is 5.69. The van der Waals surface area contributed by atoms with E-state index in [4.69, 9.17) is 4.98 Å². The number of hydrogen-bond acceptors (Lipinski definition) is 3. The molecular weight excluding hydrogens is 314 g/mol. The second kappa shape index (κ2) is 4.71. The Labute approximate surface area is 145 Å². The van der Waals surface area contributed by atoms with E-state index in [1.807, 2.05) is 31.7 Å². The number of rotatable bonds is 2. The Balaban J connectivity index is 1.69. The molecule has 25 heavy (non-hydrogen) atoms. The highest BCUT2D eigenvalue weighted by Gasteiger charge is 2.43. The lowest BCUT2D eigenvalue weighted by atomic mass is 9.86. The SMILES string of the molecule is CCN1C(=O)C(C)(C)c2cc3[nH]c(-c4n[nH]c5c4CCC5)nc3cc21. The first-order valence-electron chi connectivity index (χ1n) is 8.93. The number of carbonyl (C=O) groups excluding carboxylic acids is 1. The lowest BCUT2D eigenvalue weighted by Gasteiger charge is -2.18. The molecule has 0 saturated heterocycles. The molecule has 2 aromatic heterocycles. The number of amides is 1. The lowest BCUT2D eigenvalue weighted by molar-refractivity contribution is -0.122. The summed E-state index contributed by atoms with van der Waals surface area (Å²) in [5.41, 5.74) is 6.85. The molecule has 2 aliphatic rings. The molecule has 0 radical (unpaired) electrons. The summed E-state index contributed by atoms with van der Waals surface area (Å²) in [7, 11) is 0. The molecule has 0 atom stereocenters. The number of nitrogens with one attached hydrogen (secondary N) is 2. The van der Waals surface area contributed by atoms with Crippen molar-refractivity contribution >= 4 is 22.6 Å². The Morgan fingerprint density at radius 3 is 2.92 bits per heavy atom. The van der Waals surface area contributed by atoms with Crippen LogP contribution in [0.3, 0.4) is 0 Å². The van der Waals surface area contributed by atoms with E-state index in [-0.39, 0.29) is 5.91 Å². The van der Waals surface area contributed by atoms with Crippen molar-refractivity contribution in [2.45, 2.75) is 45.4 Å². The number of likely N-dealkylation sites (N-methyl/N-ethyl adjacent to an activating group) is 1. The van der Waals surface area contributed by atoms with E-state index >= 15 is 0 Å². The number of benzene rings is 1. The zero-order chi connectivity index (χ0) is 17.3. The molecule has 0 saturated carbocycles. The monoisotopic (exact) mass is 335 g/mol. The van der Waals surface area contributed by atoms with Crippen LogP contribution in [0.1, 0.15) is 44.0 Å². The van der Waals surface area contributed by atoms with Gasteiger partial charge in [0.05, 0.1) is 22.1 Å². The van der Waals surface area contributed by atoms with Gasteiger partial charge < -0.3 is 9.88 Å². The Bertz CT molecular complexity index is 1030. The van der Waals surface area contributed by atoms with Crippen molar-refractivity contribution < 1.29 is 4.79 Å². The number of imidazole rings is 1. The van der Waals surface area contributed by atoms with Crippen LogP contribution in [0.4, 0.5) is 5.69 Å². The van der Waals surface area contributed by atoms with Gasteiger partial charge in [0.1, 0.15) is 5.69 Å². The van der Waals surface area contributed by atoms with Gasteiger partial charge in [0.2, 0.25) is 5.91 Å². The smallest absolute Gasteiger partial charge is 0.237 e. The number of hydrogen-bond donors (Lipinski definition) is 2. The second-order valence-corrected chi connectivity index (χ2v) is 7.53. The molecule has 1 amide bonds. The van der Waals surface area contributed by atoms with Crippen LogP contribution in [0.2, 0.25) is 0 Å². The average molecular weight is 335 g/mol. The molecular formula is C19H21N5O. The first kappa shape index (κ1) is 14.7. The normalized spacial score (nSPS) is 18.2. The Kier molecular flexibility index (Phi) is 2.77. The molecule has 1 aliphatic heterocycles. The maximum atomic E-state index is 12.7. The zero-order valence-electron chi connectivity index (χ0n) is 14.7. The number of aryl methyl sites for hydroxylation is 1. The molecule has 0 fully saturated rings. The van der Waals surface area contributed by atoms with E-state index in [1.54, 1.807) is 0 Å². The molecule has 1 aliphatic carbocycles. The first-order chi connectivity index (χ1) is 12.0. The number of fused-ring (bicyclic) bond motifs is 3. The lowest BCUT2D eigenvalue weighted by Crippen LogP contribution is -2.35. The quantitative estimate of drug-likeness (QED) is 0.755. The van der Waals surface area contributed by atoms with Crippen molar-refractivity contribution in [2.75, 3.05) is 11.4 Å². The van der Waals surface area contributed by atoms with Crippen LogP contribution in [-0.4, -0.2) is 32.6 Å². The average Bonchev–Trinajstić information content (AvgIpc) is 3.30. The Morgan fingerprint density at radius 1 is 1.28 bits per heavy atom. The maximum absolute atomic E-state index is 12.7. The fraction of sp³-hybridized carbons (Fsp3) is 0.421. The number of carbonyl (C=O) groups is 1. The molecule has 3 aromatic rings. The largest absolute Gasteiger partial charge is 0.337 e. The van der Waals surface area contributed by atoms with E-state index in [0.717, 1.165) is 46.6 Å². The molecule has 6 nitrogen and oxygen atoms in total. The third kappa shape index (κ3) is 1.82. The highest BCUT2D eigenvalue weighted by molar-refractivity contribution is 6.09. The van der Waals surface area contributed by atoms with Crippen molar-refractivity contribution in [1.29, 1.82) is 0 Å². The van der Waals surface area contributed by atoms with Gasteiger partial charge in [0.25, 0.3) is 0 Å². The fourth-order valence-electron chi connectivity index (χ4n) is 4.27. The van der Waals surface area contributed by atoms with Crippen LogP contribution in [-0.2, 0) is 23.1 Å². The Morgan fingerprint density at radius 2 is 2.12 bits per heavy atom. The Hall–Kier alpha value is -2.63. The minimum atomic E-state index is -0.502. The molecule has 0 unspecified atom stereocenters. The van der Waals surface area contributed by atoms with Crippen molar-refractivity contribution in [3.8, 4) is 11.5 Å². The van der Waals surface area contributed by atoms with Gasteiger partial charge in [-0.3, -0.25) is 9.89 Å². The van der Waals surface area contributed by atoms with E-state index in [9.17, 15) is 4.79 Å². The topological polar surface area (TPSA) is 77.7 Å². The molecule has 2 N–H and O–H groups in total. The maximum Gasteiger partial charge on any atom is 0.237 e. The van der Waals surface area contributed by atoms with Crippen molar-refractivity contribution in [1.82, 2.24) is 20.2 Å². The third-order valence-corrected chi connectivity index (χ3v) is 5.69. The van der Waals surface area contributed by atoms with Crippen LogP contribution in [0, 0.1) is 0 Å². The minimum Gasteiger partial charge on any atom is -0.337 e. The van der Waals surface area contributed by atoms with Gasteiger partial charge in [0.15, 0.2) is 5.82 Å². The summed E-state index contributed by atoms with van der Waals surface area (Å²) < 4.78 is 0. The number of nitrogens with zero attached hydrogens (tertiary/aromatic N) is 3. The summed E-state index contributed by atoms with van der Waals surface area (Å²) in [5, 5.41) is 7.62. The van der Waals surface area contributed by atoms with Crippen LogP contribution in [0.15, 0.2) is 12.1 Å². The number of aromatic amines is 2. The first-order valence-corrected chi connectivity index (χ1v) is 8.93. The van der Waals surface area contributed by atoms with Crippen molar-refractivity contribution in [3.63, 3.8) is 0 Å². The molecule has 5 rings (SSSR count). The van der Waals surface area contributed by atoms with Gasteiger partial charge in [-0.05, 0) is 57.7 Å². The highest BCUT2D eigenvalue weighted by Crippen LogP contribution is 2.43. The van der Waals surface area contributed by atoms with Gasteiger partial charge in [0, 0.05) is 17.8 Å². The fourth-order valence-corrected chi connectivity index (χ4v) is 4.27. The summed E-state index contributed by atoms with van der Waals surface area (Å²) in [6.45, 7) is 6.67. The summed E-state index contributed by atoms with van der Waals surface area (Å²) >= 11 is 0. The van der Waals surface area contributed by atoms with E-state index < -0.39 is 5.41 Å². The molecule has 3 heterocycles. The molecule has 6 heteroatoms. The van der Waals surface area contributed by atoms with Crippen LogP contribution < -0.4 is 4.90 Å². The number of H-pyrrole nitrogens is 2. The van der Waals surface area contributed by atoms with Crippen LogP contribution >= 0.6 is 0 Å². The van der Waals surface area contributed by atoms with E-state index in [1.165, 1.54) is 17.7 Å². The predicted octanol–water partition coefficient (Wildman–Crippen LogP) is 3.09. The molecule has 0 spiro atoms. The summed E-state index contributed by atoms with van der Waals surface area (Å²) in [6, 6.07) is 4.12. The molecule has 1 aromatic carbocycles. The zero-order valence-corrected chi connectivity index (χ0v) is 14.7. The van der Waals surface area contributed by atoms with Crippen LogP contribution in [0.25, 0.3) is 22.6 Å². The van der Waals surface area contributed by atoms with Crippen LogP contribution in [0.5, 0.6) is 0 Å². The van der Waals surface area contributed by atoms with Gasteiger partial charge in [-0.1, -0.05) is 0 Å². The van der Waals surface area contributed by atoms with Gasteiger partial charge >= 0.3 is 0 Å². The van der Waals surface area contributed by atoms with Gasteiger partial charge in [-0.2, -0.15) is 5.10 Å². The van der Waals surface area contributed by atoms with Gasteiger partial charge in [-0.15, -0.1) is 0 Å². The van der Waals surface area contributed by atoms with Crippen molar-refractivity contribution in [2.24, 2.45) is 0 Å². The number of anilines is 1. The molecule has 128 valence electrons. The van der Waals surface area contributed by atoms with Gasteiger partial charge in [-0.25, -0.2) is 4.98 Å². The predicted molar refractivity (Wildman–Crippen MR) is 96.8 cm³/mol. The highest BCUT2D eigenvalue weighted by atomic mass is 16.2. The summed E-state index contributed by atoms with van der Waals surface area (Å²) in [4.78, 5) is 22.7. The summed E-state index contributed by atoms with van der Waals surface area (Å²) in [5.74, 6) is 0.966. The van der Waals surface area contributed by atoms with E-state index in [2.05, 4.69) is 21.2 Å².